The second-order valence-electron chi connectivity index (χ2n) is 4.83. The number of aryl methyl sites for hydroxylation is 1. The molecule has 0 aliphatic carbocycles. The lowest BCUT2D eigenvalue weighted by Gasteiger charge is -2.21. The Morgan fingerprint density at radius 1 is 1.35 bits per heavy atom. The number of benzene rings is 1. The van der Waals surface area contributed by atoms with Crippen LogP contribution in [0.2, 0.25) is 5.02 Å². The first-order chi connectivity index (χ1) is 7.89. The zero-order valence-electron chi connectivity index (χ0n) is 10.2. The van der Waals surface area contributed by atoms with E-state index in [0.29, 0.717) is 5.02 Å². The quantitative estimate of drug-likeness (QED) is 0.889. The molecule has 0 spiro atoms. The zero-order chi connectivity index (χ0) is 12.6. The van der Waals surface area contributed by atoms with Gasteiger partial charge >= 0.3 is 0 Å². The van der Waals surface area contributed by atoms with Crippen LogP contribution in [-0.2, 0) is 5.54 Å². The number of imidazole rings is 1. The molecule has 0 fully saturated rings. The van der Waals surface area contributed by atoms with Crippen LogP contribution in [0.4, 0.5) is 0 Å². The van der Waals surface area contributed by atoms with Gasteiger partial charge in [-0.1, -0.05) is 17.7 Å². The minimum Gasteiger partial charge on any atom is -0.321 e. The Balaban J connectivity index is 2.58. The van der Waals surface area contributed by atoms with Gasteiger partial charge in [-0.15, -0.1) is 0 Å². The lowest BCUT2D eigenvalue weighted by atomic mass is 10.0. The van der Waals surface area contributed by atoms with Gasteiger partial charge in [0, 0.05) is 0 Å². The molecule has 1 heterocycles. The first kappa shape index (κ1) is 12.1. The first-order valence-corrected chi connectivity index (χ1v) is 5.85. The predicted octanol–water partition coefficient (Wildman–Crippen LogP) is 3.03. The Morgan fingerprint density at radius 3 is 2.65 bits per heavy atom. The number of hydrogen-bond acceptors (Lipinski definition) is 2. The fourth-order valence-corrected chi connectivity index (χ4v) is 2.10. The number of halogens is 1. The van der Waals surface area contributed by atoms with Crippen LogP contribution in [0.3, 0.4) is 0 Å². The zero-order valence-corrected chi connectivity index (χ0v) is 11.0. The second-order valence-corrected chi connectivity index (χ2v) is 5.23. The third-order valence-electron chi connectivity index (χ3n) is 2.66. The summed E-state index contributed by atoms with van der Waals surface area (Å²) in [5, 5.41) is 0.702. The van der Waals surface area contributed by atoms with Crippen molar-refractivity contribution in [2.45, 2.75) is 26.3 Å². The summed E-state index contributed by atoms with van der Waals surface area (Å²) in [5.74, 6) is 0. The highest BCUT2D eigenvalue weighted by atomic mass is 35.5. The lowest BCUT2D eigenvalue weighted by Crippen LogP contribution is -2.31. The average molecular weight is 250 g/mol. The summed E-state index contributed by atoms with van der Waals surface area (Å²) in [6, 6.07) is 5.94. The molecule has 17 heavy (non-hydrogen) atoms. The Hall–Kier alpha value is -1.32. The van der Waals surface area contributed by atoms with E-state index in [1.54, 1.807) is 12.5 Å². The van der Waals surface area contributed by atoms with E-state index in [2.05, 4.69) is 4.98 Å². The van der Waals surface area contributed by atoms with Crippen molar-refractivity contribution in [3.63, 3.8) is 0 Å². The third-order valence-corrected chi connectivity index (χ3v) is 2.96. The molecule has 1 aromatic heterocycles. The van der Waals surface area contributed by atoms with Crippen molar-refractivity contribution < 1.29 is 0 Å². The summed E-state index contributed by atoms with van der Waals surface area (Å²) in [4.78, 5) is 4.15. The molecule has 0 aliphatic rings. The van der Waals surface area contributed by atoms with Gasteiger partial charge in [0.25, 0.3) is 0 Å². The minimum absolute atomic E-state index is 0.454. The fraction of sp³-hybridized carbons (Fsp3) is 0.308. The number of aromatic nitrogens is 2. The molecule has 2 N–H and O–H groups in total. The number of rotatable bonds is 2. The molecule has 4 heteroatoms. The van der Waals surface area contributed by atoms with Crippen LogP contribution < -0.4 is 5.73 Å². The highest BCUT2D eigenvalue weighted by Crippen LogP contribution is 2.26. The summed E-state index contributed by atoms with van der Waals surface area (Å²) in [6.07, 6.45) is 3.51. The molecule has 3 nitrogen and oxygen atoms in total. The van der Waals surface area contributed by atoms with E-state index in [4.69, 9.17) is 17.3 Å². The Bertz CT molecular complexity index is 538. The molecule has 2 aromatic rings. The predicted molar refractivity (Wildman–Crippen MR) is 70.5 cm³/mol. The van der Waals surface area contributed by atoms with Crippen LogP contribution in [0.25, 0.3) is 5.69 Å². The van der Waals surface area contributed by atoms with E-state index in [9.17, 15) is 0 Å². The van der Waals surface area contributed by atoms with Crippen molar-refractivity contribution in [2.24, 2.45) is 5.73 Å². The maximum absolute atomic E-state index is 6.25. The minimum atomic E-state index is -0.454. The van der Waals surface area contributed by atoms with Crippen LogP contribution in [0, 0.1) is 6.92 Å². The van der Waals surface area contributed by atoms with Crippen LogP contribution in [0.5, 0.6) is 0 Å². The summed E-state index contributed by atoms with van der Waals surface area (Å²) in [7, 11) is 0. The largest absolute Gasteiger partial charge is 0.321 e. The summed E-state index contributed by atoms with van der Waals surface area (Å²) < 4.78 is 1.93. The Morgan fingerprint density at radius 2 is 2.06 bits per heavy atom. The van der Waals surface area contributed by atoms with E-state index in [1.165, 1.54) is 0 Å². The maximum atomic E-state index is 6.25. The van der Waals surface area contributed by atoms with Gasteiger partial charge in [-0.05, 0) is 38.5 Å². The van der Waals surface area contributed by atoms with Gasteiger partial charge in [-0.2, -0.15) is 0 Å². The van der Waals surface area contributed by atoms with E-state index in [1.807, 2.05) is 43.5 Å². The van der Waals surface area contributed by atoms with Gasteiger partial charge in [-0.3, -0.25) is 4.57 Å². The van der Waals surface area contributed by atoms with Crippen molar-refractivity contribution >= 4 is 11.6 Å². The normalized spacial score (nSPS) is 11.8. The highest BCUT2D eigenvalue weighted by molar-refractivity contribution is 6.32. The molecule has 0 amide bonds. The second kappa shape index (κ2) is 4.17. The van der Waals surface area contributed by atoms with Crippen molar-refractivity contribution in [1.29, 1.82) is 0 Å². The summed E-state index contributed by atoms with van der Waals surface area (Å²) >= 11 is 6.25. The number of nitrogens with two attached hydrogens (primary N) is 1. The maximum Gasteiger partial charge on any atom is 0.0995 e. The summed E-state index contributed by atoms with van der Waals surface area (Å²) in [6.45, 7) is 5.91. The molecule has 2 rings (SSSR count). The van der Waals surface area contributed by atoms with Crippen molar-refractivity contribution in [3.05, 3.63) is 47.0 Å². The van der Waals surface area contributed by atoms with Crippen molar-refractivity contribution in [1.82, 2.24) is 9.55 Å². The highest BCUT2D eigenvalue weighted by Gasteiger charge is 2.20. The molecule has 90 valence electrons. The van der Waals surface area contributed by atoms with Gasteiger partial charge in [0.1, 0.15) is 0 Å². The van der Waals surface area contributed by atoms with E-state index >= 15 is 0 Å². The molecule has 0 saturated heterocycles. The Kier molecular flexibility index (Phi) is 2.98. The molecule has 1 aromatic carbocycles. The molecule has 0 unspecified atom stereocenters. The number of hydrogen-bond donors (Lipinski definition) is 1. The molecular formula is C13H16ClN3. The van der Waals surface area contributed by atoms with Gasteiger partial charge in [0.05, 0.1) is 34.5 Å². The van der Waals surface area contributed by atoms with Crippen LogP contribution >= 0.6 is 11.6 Å². The summed E-state index contributed by atoms with van der Waals surface area (Å²) in [5.41, 5.74) is 8.63. The van der Waals surface area contributed by atoms with Crippen LogP contribution in [0.1, 0.15) is 25.1 Å². The molecular weight excluding hydrogens is 234 g/mol. The number of nitrogens with zero attached hydrogens (tertiary/aromatic N) is 2. The Labute approximate surface area is 106 Å². The lowest BCUT2D eigenvalue weighted by molar-refractivity contribution is 0.524. The van der Waals surface area contributed by atoms with Gasteiger partial charge < -0.3 is 5.73 Å². The first-order valence-electron chi connectivity index (χ1n) is 5.48. The van der Waals surface area contributed by atoms with Gasteiger partial charge in [-0.25, -0.2) is 4.98 Å². The van der Waals surface area contributed by atoms with Gasteiger partial charge in [0.2, 0.25) is 0 Å². The molecule has 0 aliphatic heterocycles. The topological polar surface area (TPSA) is 43.8 Å². The van der Waals surface area contributed by atoms with E-state index in [-0.39, 0.29) is 0 Å². The van der Waals surface area contributed by atoms with E-state index in [0.717, 1.165) is 16.9 Å². The standard InChI is InChI=1S/C13H16ClN3/c1-9-4-5-11(10(14)6-9)17-8-16-7-12(17)13(2,3)15/h4-8H,15H2,1-3H3. The smallest absolute Gasteiger partial charge is 0.0995 e. The monoisotopic (exact) mass is 249 g/mol. The molecule has 0 radical (unpaired) electrons. The average Bonchev–Trinajstić information content (AvgIpc) is 2.65. The molecule has 0 bridgehead atoms. The van der Waals surface area contributed by atoms with Crippen molar-refractivity contribution in [3.8, 4) is 5.69 Å². The SMILES string of the molecule is Cc1ccc(-n2cncc2C(C)(C)N)c(Cl)c1. The van der Waals surface area contributed by atoms with Crippen LogP contribution in [-0.4, -0.2) is 9.55 Å². The fourth-order valence-electron chi connectivity index (χ4n) is 1.77. The van der Waals surface area contributed by atoms with Crippen molar-refractivity contribution in [2.75, 3.05) is 0 Å². The van der Waals surface area contributed by atoms with Gasteiger partial charge in [0.15, 0.2) is 0 Å². The molecule has 0 saturated carbocycles. The third kappa shape index (κ3) is 2.35. The van der Waals surface area contributed by atoms with E-state index < -0.39 is 5.54 Å². The molecule has 0 atom stereocenters. The van der Waals surface area contributed by atoms with Crippen LogP contribution in [0.15, 0.2) is 30.7 Å².